The molecule has 1 aromatic carbocycles. The van der Waals surface area contributed by atoms with E-state index in [4.69, 9.17) is 9.94 Å². The summed E-state index contributed by atoms with van der Waals surface area (Å²) >= 11 is 0. The third-order valence-corrected chi connectivity index (χ3v) is 3.08. The number of benzene rings is 1. The van der Waals surface area contributed by atoms with Crippen molar-refractivity contribution in [3.63, 3.8) is 0 Å². The molecule has 0 aliphatic rings. The predicted octanol–water partition coefficient (Wildman–Crippen LogP) is 2.73. The highest BCUT2D eigenvalue weighted by atomic mass is 16.5. The zero-order chi connectivity index (χ0) is 15.8. The molecule has 0 saturated heterocycles. The molecule has 0 atom stereocenters. The van der Waals surface area contributed by atoms with Crippen LogP contribution in [-0.2, 0) is 4.79 Å². The van der Waals surface area contributed by atoms with E-state index >= 15 is 0 Å². The summed E-state index contributed by atoms with van der Waals surface area (Å²) in [6, 6.07) is 5.53. The summed E-state index contributed by atoms with van der Waals surface area (Å²) in [7, 11) is 0. The van der Waals surface area contributed by atoms with Crippen LogP contribution in [0.4, 0.5) is 0 Å². The maximum atomic E-state index is 11.7. The molecule has 21 heavy (non-hydrogen) atoms. The highest BCUT2D eigenvalue weighted by molar-refractivity contribution is 6.01. The molecule has 5 nitrogen and oxygen atoms in total. The van der Waals surface area contributed by atoms with E-state index in [1.807, 2.05) is 19.1 Å². The Labute approximate surface area is 126 Å². The van der Waals surface area contributed by atoms with Gasteiger partial charge in [0.25, 0.3) is 5.91 Å². The zero-order valence-electron chi connectivity index (χ0n) is 13.1. The second-order valence-electron chi connectivity index (χ2n) is 5.51. The molecule has 116 valence electrons. The first-order valence-electron chi connectivity index (χ1n) is 7.13. The van der Waals surface area contributed by atoms with Crippen molar-refractivity contribution >= 4 is 11.6 Å². The predicted molar refractivity (Wildman–Crippen MR) is 83.1 cm³/mol. The average Bonchev–Trinajstić information content (AvgIpc) is 2.44. The SMILES string of the molecule is CC(=NO)c1cc(C)ccc1OCC(=O)NCCC(C)C. The van der Waals surface area contributed by atoms with Gasteiger partial charge in [0.15, 0.2) is 6.61 Å². The van der Waals surface area contributed by atoms with Gasteiger partial charge in [0, 0.05) is 12.1 Å². The largest absolute Gasteiger partial charge is 0.483 e. The fraction of sp³-hybridized carbons (Fsp3) is 0.500. The average molecular weight is 292 g/mol. The maximum Gasteiger partial charge on any atom is 0.257 e. The first-order valence-corrected chi connectivity index (χ1v) is 7.13. The minimum atomic E-state index is -0.152. The maximum absolute atomic E-state index is 11.7. The summed E-state index contributed by atoms with van der Waals surface area (Å²) in [5.41, 5.74) is 2.17. The highest BCUT2D eigenvalue weighted by Gasteiger charge is 2.10. The molecule has 2 N–H and O–H groups in total. The van der Waals surface area contributed by atoms with Crippen molar-refractivity contribution in [3.8, 4) is 5.75 Å². The number of hydrogen-bond acceptors (Lipinski definition) is 4. The molecule has 0 aromatic heterocycles. The third kappa shape index (κ3) is 5.85. The van der Waals surface area contributed by atoms with Gasteiger partial charge in [0.05, 0.1) is 5.71 Å². The number of nitrogens with one attached hydrogen (secondary N) is 1. The minimum Gasteiger partial charge on any atom is -0.483 e. The fourth-order valence-electron chi connectivity index (χ4n) is 1.80. The fourth-order valence-corrected chi connectivity index (χ4v) is 1.80. The summed E-state index contributed by atoms with van der Waals surface area (Å²) < 4.78 is 5.53. The highest BCUT2D eigenvalue weighted by Crippen LogP contribution is 2.21. The van der Waals surface area contributed by atoms with Gasteiger partial charge >= 0.3 is 0 Å². The number of rotatable bonds is 7. The molecule has 0 heterocycles. The first kappa shape index (κ1) is 17.0. The van der Waals surface area contributed by atoms with Gasteiger partial charge in [-0.1, -0.05) is 30.6 Å². The van der Waals surface area contributed by atoms with E-state index in [0.29, 0.717) is 29.5 Å². The molecule has 0 aliphatic heterocycles. The van der Waals surface area contributed by atoms with Crippen molar-refractivity contribution < 1.29 is 14.7 Å². The van der Waals surface area contributed by atoms with Gasteiger partial charge in [-0.25, -0.2) is 0 Å². The number of oxime groups is 1. The van der Waals surface area contributed by atoms with Crippen LogP contribution in [0.3, 0.4) is 0 Å². The van der Waals surface area contributed by atoms with Gasteiger partial charge in [-0.3, -0.25) is 4.79 Å². The molecule has 0 radical (unpaired) electrons. The van der Waals surface area contributed by atoms with E-state index < -0.39 is 0 Å². The molecule has 1 aromatic rings. The summed E-state index contributed by atoms with van der Waals surface area (Å²) in [5, 5.41) is 14.9. The lowest BCUT2D eigenvalue weighted by Crippen LogP contribution is -2.30. The third-order valence-electron chi connectivity index (χ3n) is 3.08. The van der Waals surface area contributed by atoms with E-state index in [0.717, 1.165) is 12.0 Å². The summed E-state index contributed by atoms with van der Waals surface area (Å²) in [6.07, 6.45) is 0.942. The van der Waals surface area contributed by atoms with Crippen LogP contribution in [-0.4, -0.2) is 30.0 Å². The standard InChI is InChI=1S/C16H24N2O3/c1-11(2)7-8-17-16(19)10-21-15-6-5-12(3)9-14(15)13(4)18-20/h5-6,9,11,20H,7-8,10H2,1-4H3,(H,17,19). The lowest BCUT2D eigenvalue weighted by atomic mass is 10.1. The van der Waals surface area contributed by atoms with E-state index in [2.05, 4.69) is 24.3 Å². The van der Waals surface area contributed by atoms with Crippen LogP contribution in [0.5, 0.6) is 5.75 Å². The molecule has 5 heteroatoms. The molecule has 0 fully saturated rings. The van der Waals surface area contributed by atoms with Crippen LogP contribution in [0.1, 0.15) is 38.3 Å². The molecule has 0 spiro atoms. The van der Waals surface area contributed by atoms with E-state index in [-0.39, 0.29) is 12.5 Å². The summed E-state index contributed by atoms with van der Waals surface area (Å²) in [4.78, 5) is 11.7. The molecule has 1 amide bonds. The summed E-state index contributed by atoms with van der Waals surface area (Å²) in [5.74, 6) is 0.939. The van der Waals surface area contributed by atoms with Gasteiger partial charge < -0.3 is 15.3 Å². The van der Waals surface area contributed by atoms with Crippen LogP contribution < -0.4 is 10.1 Å². The van der Waals surface area contributed by atoms with Gasteiger partial charge in [-0.2, -0.15) is 0 Å². The van der Waals surface area contributed by atoms with Crippen LogP contribution in [0.25, 0.3) is 0 Å². The molecular formula is C16H24N2O3. The number of carbonyl (C=O) groups excluding carboxylic acids is 1. The van der Waals surface area contributed by atoms with Crippen molar-refractivity contribution in [3.05, 3.63) is 29.3 Å². The summed E-state index contributed by atoms with van der Waals surface area (Å²) in [6.45, 7) is 8.45. The lowest BCUT2D eigenvalue weighted by Gasteiger charge is -2.12. The number of hydrogen-bond donors (Lipinski definition) is 2. The Morgan fingerprint density at radius 2 is 2.14 bits per heavy atom. The van der Waals surface area contributed by atoms with Crippen molar-refractivity contribution in [1.29, 1.82) is 0 Å². The molecule has 1 rings (SSSR count). The van der Waals surface area contributed by atoms with Crippen molar-refractivity contribution in [1.82, 2.24) is 5.32 Å². The number of ether oxygens (including phenoxy) is 1. The Balaban J connectivity index is 2.61. The normalized spacial score (nSPS) is 11.6. The van der Waals surface area contributed by atoms with E-state index in [1.54, 1.807) is 13.0 Å². The van der Waals surface area contributed by atoms with Crippen LogP contribution >= 0.6 is 0 Å². The number of carbonyl (C=O) groups is 1. The molecule has 0 saturated carbocycles. The lowest BCUT2D eigenvalue weighted by molar-refractivity contribution is -0.123. The Morgan fingerprint density at radius 3 is 2.76 bits per heavy atom. The second kappa shape index (κ2) is 8.29. The minimum absolute atomic E-state index is 0.0487. The van der Waals surface area contributed by atoms with Gasteiger partial charge in [0.1, 0.15) is 5.75 Å². The topological polar surface area (TPSA) is 70.9 Å². The van der Waals surface area contributed by atoms with Gasteiger partial charge in [0.2, 0.25) is 0 Å². The number of nitrogens with zero attached hydrogens (tertiary/aromatic N) is 1. The van der Waals surface area contributed by atoms with Gasteiger partial charge in [-0.15, -0.1) is 0 Å². The van der Waals surface area contributed by atoms with Crippen molar-refractivity contribution in [2.75, 3.05) is 13.2 Å². The van der Waals surface area contributed by atoms with Crippen molar-refractivity contribution in [2.45, 2.75) is 34.1 Å². The van der Waals surface area contributed by atoms with Crippen LogP contribution in [0.15, 0.2) is 23.4 Å². The van der Waals surface area contributed by atoms with Crippen LogP contribution in [0, 0.1) is 12.8 Å². The number of amides is 1. The molecule has 0 aliphatic carbocycles. The van der Waals surface area contributed by atoms with Gasteiger partial charge in [-0.05, 0) is 38.3 Å². The second-order valence-corrected chi connectivity index (χ2v) is 5.51. The first-order chi connectivity index (χ1) is 9.93. The molecule has 0 bridgehead atoms. The Bertz CT molecular complexity index is 510. The zero-order valence-corrected chi connectivity index (χ0v) is 13.1. The van der Waals surface area contributed by atoms with E-state index in [9.17, 15) is 4.79 Å². The number of aryl methyl sites for hydroxylation is 1. The molecular weight excluding hydrogens is 268 g/mol. The molecule has 0 unspecified atom stereocenters. The Hall–Kier alpha value is -2.04. The van der Waals surface area contributed by atoms with Crippen molar-refractivity contribution in [2.24, 2.45) is 11.1 Å². The van der Waals surface area contributed by atoms with Crippen LogP contribution in [0.2, 0.25) is 0 Å². The quantitative estimate of drug-likeness (QED) is 0.461. The smallest absolute Gasteiger partial charge is 0.257 e. The van der Waals surface area contributed by atoms with E-state index in [1.165, 1.54) is 0 Å². The Morgan fingerprint density at radius 1 is 1.43 bits per heavy atom. The monoisotopic (exact) mass is 292 g/mol. The Kier molecular flexibility index (Phi) is 6.72.